The summed E-state index contributed by atoms with van der Waals surface area (Å²) in [5.74, 6) is 0.0847. The number of aromatic nitrogens is 4. The Morgan fingerprint density at radius 3 is 2.69 bits per heavy atom. The molecule has 0 unspecified atom stereocenters. The Labute approximate surface area is 227 Å². The summed E-state index contributed by atoms with van der Waals surface area (Å²) in [7, 11) is 3.54. The van der Waals surface area contributed by atoms with Crippen molar-refractivity contribution < 1.29 is 23.4 Å². The van der Waals surface area contributed by atoms with Crippen LogP contribution >= 0.6 is 0 Å². The molecule has 4 aromatic rings. The van der Waals surface area contributed by atoms with Crippen LogP contribution in [0.1, 0.15) is 43.4 Å². The number of fused-ring (bicyclic) bond motifs is 1. The number of imidazole rings is 1. The molecule has 0 fully saturated rings. The highest BCUT2D eigenvalue weighted by Crippen LogP contribution is 2.31. The van der Waals surface area contributed by atoms with Gasteiger partial charge in [0.15, 0.2) is 0 Å². The van der Waals surface area contributed by atoms with Crippen LogP contribution in [0.3, 0.4) is 0 Å². The molecule has 0 radical (unpaired) electrons. The van der Waals surface area contributed by atoms with E-state index in [4.69, 9.17) is 14.2 Å². The van der Waals surface area contributed by atoms with Gasteiger partial charge < -0.3 is 23.9 Å². The zero-order valence-electron chi connectivity index (χ0n) is 23.4. The molecule has 39 heavy (non-hydrogen) atoms. The molecule has 3 heterocycles. The Kier molecular flexibility index (Phi) is 8.54. The lowest BCUT2D eigenvalue weighted by molar-refractivity contribution is 0.0528. The van der Waals surface area contributed by atoms with Crippen LogP contribution in [0.25, 0.3) is 16.8 Å². The molecule has 10 heteroatoms. The van der Waals surface area contributed by atoms with Gasteiger partial charge in [0.25, 0.3) is 0 Å². The summed E-state index contributed by atoms with van der Waals surface area (Å²) < 4.78 is 34.8. The first-order chi connectivity index (χ1) is 18.6. The van der Waals surface area contributed by atoms with Gasteiger partial charge in [0.2, 0.25) is 0 Å². The number of ether oxygens (including phenoxy) is 3. The number of rotatable bonds is 10. The van der Waals surface area contributed by atoms with Gasteiger partial charge in [-0.2, -0.15) is 5.10 Å². The van der Waals surface area contributed by atoms with E-state index in [2.05, 4.69) is 15.4 Å². The second-order valence-electron chi connectivity index (χ2n) is 10.4. The standard InChI is InChI=1S/C29H36FN5O4/c1-19-23(25(18-37-6)33-34(19)5)12-14-38-26-15-21(30)8-9-24(26)20-7-10-27-32-16-22(35(27)17-20)11-13-31-28(36)39-29(2,3)4/h7-10,15-17H,11-14,18H2,1-6H3,(H,31,36). The van der Waals surface area contributed by atoms with Gasteiger partial charge in [-0.1, -0.05) is 0 Å². The number of alkyl carbamates (subject to hydrolysis) is 1. The molecule has 0 aliphatic carbocycles. The van der Waals surface area contributed by atoms with E-state index in [9.17, 15) is 9.18 Å². The molecule has 0 bridgehead atoms. The topological polar surface area (TPSA) is 91.9 Å². The fourth-order valence-electron chi connectivity index (χ4n) is 4.40. The van der Waals surface area contributed by atoms with Crippen molar-refractivity contribution in [2.75, 3.05) is 20.3 Å². The quantitative estimate of drug-likeness (QED) is 0.306. The minimum absolute atomic E-state index is 0.356. The molecule has 0 aliphatic rings. The van der Waals surface area contributed by atoms with Crippen LogP contribution in [0.5, 0.6) is 5.75 Å². The summed E-state index contributed by atoms with van der Waals surface area (Å²) in [5, 5.41) is 7.30. The van der Waals surface area contributed by atoms with Crippen molar-refractivity contribution in [1.29, 1.82) is 0 Å². The molecule has 0 spiro atoms. The number of carbonyl (C=O) groups excluding carboxylic acids is 1. The summed E-state index contributed by atoms with van der Waals surface area (Å²) >= 11 is 0. The van der Waals surface area contributed by atoms with Crippen molar-refractivity contribution in [3.05, 3.63) is 71.2 Å². The van der Waals surface area contributed by atoms with Crippen molar-refractivity contribution in [1.82, 2.24) is 24.5 Å². The zero-order valence-corrected chi connectivity index (χ0v) is 23.4. The van der Waals surface area contributed by atoms with Gasteiger partial charge in [0.1, 0.15) is 22.8 Å². The molecule has 1 N–H and O–H groups in total. The van der Waals surface area contributed by atoms with Crippen molar-refractivity contribution >= 4 is 11.7 Å². The molecule has 0 saturated heterocycles. The van der Waals surface area contributed by atoms with E-state index in [0.29, 0.717) is 38.3 Å². The summed E-state index contributed by atoms with van der Waals surface area (Å²) in [5.41, 5.74) is 5.75. The first-order valence-electron chi connectivity index (χ1n) is 12.9. The molecule has 3 aromatic heterocycles. The number of carbonyl (C=O) groups is 1. The van der Waals surface area contributed by atoms with Gasteiger partial charge in [-0.25, -0.2) is 14.2 Å². The molecular weight excluding hydrogens is 501 g/mol. The van der Waals surface area contributed by atoms with Crippen LogP contribution in [0.2, 0.25) is 0 Å². The van der Waals surface area contributed by atoms with E-state index in [0.717, 1.165) is 39.4 Å². The molecule has 1 aromatic carbocycles. The average Bonchev–Trinajstić information content (AvgIpc) is 3.38. The largest absolute Gasteiger partial charge is 0.492 e. The van der Waals surface area contributed by atoms with E-state index < -0.39 is 11.7 Å². The maximum Gasteiger partial charge on any atom is 0.407 e. The van der Waals surface area contributed by atoms with Crippen LogP contribution in [-0.2, 0) is 36.0 Å². The van der Waals surface area contributed by atoms with Crippen LogP contribution in [0, 0.1) is 12.7 Å². The molecule has 9 nitrogen and oxygen atoms in total. The minimum Gasteiger partial charge on any atom is -0.492 e. The first kappa shape index (κ1) is 28.1. The van der Waals surface area contributed by atoms with E-state index in [-0.39, 0.29) is 5.82 Å². The molecule has 0 saturated carbocycles. The Balaban J connectivity index is 1.50. The summed E-state index contributed by atoms with van der Waals surface area (Å²) in [4.78, 5) is 16.5. The number of hydrogen-bond acceptors (Lipinski definition) is 6. The highest BCUT2D eigenvalue weighted by molar-refractivity contribution is 5.71. The fraction of sp³-hybridized carbons (Fsp3) is 0.414. The average molecular weight is 538 g/mol. The van der Waals surface area contributed by atoms with Crippen molar-refractivity contribution in [3.63, 3.8) is 0 Å². The minimum atomic E-state index is -0.555. The van der Waals surface area contributed by atoms with Gasteiger partial charge in [0, 0.05) is 80.1 Å². The predicted molar refractivity (Wildman–Crippen MR) is 146 cm³/mol. The summed E-state index contributed by atoms with van der Waals surface area (Å²) in [6, 6.07) is 8.40. The number of benzene rings is 1. The van der Waals surface area contributed by atoms with Gasteiger partial charge in [0.05, 0.1) is 18.9 Å². The van der Waals surface area contributed by atoms with Gasteiger partial charge in [-0.3, -0.25) is 4.68 Å². The summed E-state index contributed by atoms with van der Waals surface area (Å²) in [6.45, 7) is 8.66. The third kappa shape index (κ3) is 6.94. The van der Waals surface area contributed by atoms with Crippen LogP contribution in [0.4, 0.5) is 9.18 Å². The molecule has 4 rings (SSSR count). The number of nitrogens with zero attached hydrogens (tertiary/aromatic N) is 4. The van der Waals surface area contributed by atoms with Crippen LogP contribution < -0.4 is 10.1 Å². The smallest absolute Gasteiger partial charge is 0.407 e. The van der Waals surface area contributed by atoms with E-state index in [1.165, 1.54) is 12.1 Å². The second kappa shape index (κ2) is 11.9. The maximum absolute atomic E-state index is 14.3. The fourth-order valence-corrected chi connectivity index (χ4v) is 4.40. The Bertz CT molecular complexity index is 1450. The molecule has 208 valence electrons. The van der Waals surface area contributed by atoms with Gasteiger partial charge in [-0.05, 0) is 52.0 Å². The van der Waals surface area contributed by atoms with Gasteiger partial charge in [-0.15, -0.1) is 0 Å². The SMILES string of the molecule is COCc1nn(C)c(C)c1CCOc1cc(F)ccc1-c1ccc2ncc(CCNC(=O)OC(C)(C)C)n2c1. The molecular formula is C29H36FN5O4. The Morgan fingerprint density at radius 2 is 1.95 bits per heavy atom. The van der Waals surface area contributed by atoms with Crippen molar-refractivity contribution in [2.24, 2.45) is 7.05 Å². The normalized spacial score (nSPS) is 11.7. The highest BCUT2D eigenvalue weighted by atomic mass is 19.1. The highest BCUT2D eigenvalue weighted by Gasteiger charge is 2.17. The lowest BCUT2D eigenvalue weighted by Crippen LogP contribution is -2.33. The number of aryl methyl sites for hydroxylation is 1. The van der Waals surface area contributed by atoms with E-state index >= 15 is 0 Å². The predicted octanol–water partition coefficient (Wildman–Crippen LogP) is 5.02. The third-order valence-corrected chi connectivity index (χ3v) is 6.32. The number of methoxy groups -OCH3 is 1. The number of halogens is 1. The third-order valence-electron chi connectivity index (χ3n) is 6.32. The first-order valence-corrected chi connectivity index (χ1v) is 12.9. The Morgan fingerprint density at radius 1 is 1.15 bits per heavy atom. The van der Waals surface area contributed by atoms with Gasteiger partial charge >= 0.3 is 6.09 Å². The zero-order chi connectivity index (χ0) is 28.2. The number of amides is 1. The van der Waals surface area contributed by atoms with E-state index in [1.54, 1.807) is 19.4 Å². The van der Waals surface area contributed by atoms with E-state index in [1.807, 2.05) is 62.2 Å². The number of nitrogens with one attached hydrogen (secondary N) is 1. The lowest BCUT2D eigenvalue weighted by Gasteiger charge is -2.19. The maximum atomic E-state index is 14.3. The van der Waals surface area contributed by atoms with Crippen LogP contribution in [-0.4, -0.2) is 51.1 Å². The van der Waals surface area contributed by atoms with Crippen LogP contribution in [0.15, 0.2) is 42.7 Å². The Hall–Kier alpha value is -3.92. The van der Waals surface area contributed by atoms with Crippen molar-refractivity contribution in [3.8, 4) is 16.9 Å². The summed E-state index contributed by atoms with van der Waals surface area (Å²) in [6.07, 6.45) is 4.45. The molecule has 1 amide bonds. The van der Waals surface area contributed by atoms with Crippen molar-refractivity contribution in [2.45, 2.75) is 52.7 Å². The monoisotopic (exact) mass is 537 g/mol. The molecule has 0 atom stereocenters. The number of pyridine rings is 1. The number of hydrogen-bond donors (Lipinski definition) is 1. The lowest BCUT2D eigenvalue weighted by atomic mass is 10.1. The second-order valence-corrected chi connectivity index (χ2v) is 10.4. The molecule has 0 aliphatic heterocycles.